The van der Waals surface area contributed by atoms with Crippen LogP contribution in [-0.4, -0.2) is 22.1 Å². The van der Waals surface area contributed by atoms with Gasteiger partial charge in [-0.3, -0.25) is 0 Å². The van der Waals surface area contributed by atoms with Gasteiger partial charge in [0.15, 0.2) is 0 Å². The molecule has 4 aromatic rings. The molecular weight excluding hydrogens is 464 g/mol. The molecule has 0 aliphatic rings. The van der Waals surface area contributed by atoms with E-state index in [0.717, 1.165) is 5.56 Å². The molecule has 0 saturated carbocycles. The number of aromatic nitrogens is 3. The first-order valence-electron chi connectivity index (χ1n) is 10.4. The van der Waals surface area contributed by atoms with E-state index < -0.39 is 0 Å². The first-order valence-corrected chi connectivity index (χ1v) is 10.8. The van der Waals surface area contributed by atoms with Crippen molar-refractivity contribution in [3.63, 3.8) is 0 Å². The van der Waals surface area contributed by atoms with E-state index >= 15 is 0 Å². The van der Waals surface area contributed by atoms with Crippen LogP contribution in [0.1, 0.15) is 16.7 Å². The third-order valence-electron chi connectivity index (χ3n) is 4.80. The van der Waals surface area contributed by atoms with E-state index in [1.54, 1.807) is 67.8 Å². The van der Waals surface area contributed by atoms with Crippen molar-refractivity contribution in [2.45, 2.75) is 6.54 Å². The maximum absolute atomic E-state index is 9.17. The summed E-state index contributed by atoms with van der Waals surface area (Å²) in [6.07, 6.45) is 0. The van der Waals surface area contributed by atoms with Gasteiger partial charge in [0.2, 0.25) is 17.8 Å². The second-order valence-corrected chi connectivity index (χ2v) is 7.67. The van der Waals surface area contributed by atoms with Crippen LogP contribution in [0.3, 0.4) is 0 Å². The molecule has 3 aromatic carbocycles. The lowest BCUT2D eigenvalue weighted by molar-refractivity contribution is 0.415. The Morgan fingerprint density at radius 1 is 0.800 bits per heavy atom. The van der Waals surface area contributed by atoms with Crippen LogP contribution in [0, 0.1) is 22.7 Å². The zero-order valence-corrected chi connectivity index (χ0v) is 19.3. The van der Waals surface area contributed by atoms with Gasteiger partial charge in [0, 0.05) is 17.9 Å². The second kappa shape index (κ2) is 10.8. The fourth-order valence-electron chi connectivity index (χ4n) is 3.16. The van der Waals surface area contributed by atoms with Crippen LogP contribution in [0.15, 0.2) is 66.7 Å². The summed E-state index contributed by atoms with van der Waals surface area (Å²) in [4.78, 5) is 13.3. The number of nitrogens with zero attached hydrogens (tertiary/aromatic N) is 5. The van der Waals surface area contributed by atoms with Gasteiger partial charge in [-0.1, -0.05) is 29.8 Å². The number of halogens is 1. The molecule has 0 unspecified atom stereocenters. The smallest absolute Gasteiger partial charge is 0.233 e. The standard InChI is InChI=1S/C25H19ClN8O/c1-35-22-9-8-18(12-21(22)26)15-29-23-32-24(30-19-6-2-4-16(10-19)13-27)34-25(33-23)31-20-7-3-5-17(11-20)14-28/h2-12H,15H2,1H3,(H3,29,30,31,32,33,34). The minimum Gasteiger partial charge on any atom is -0.495 e. The molecule has 0 fully saturated rings. The van der Waals surface area contributed by atoms with Crippen LogP contribution in [0.25, 0.3) is 0 Å². The Bertz CT molecular complexity index is 1370. The molecule has 0 aliphatic carbocycles. The van der Waals surface area contributed by atoms with Crippen molar-refractivity contribution >= 4 is 40.8 Å². The van der Waals surface area contributed by atoms with Crippen LogP contribution < -0.4 is 20.7 Å². The van der Waals surface area contributed by atoms with Gasteiger partial charge in [-0.2, -0.15) is 25.5 Å². The van der Waals surface area contributed by atoms with Crippen LogP contribution in [0.5, 0.6) is 5.75 Å². The monoisotopic (exact) mass is 482 g/mol. The van der Waals surface area contributed by atoms with E-state index in [1.807, 2.05) is 6.07 Å². The summed E-state index contributed by atoms with van der Waals surface area (Å²) in [5.41, 5.74) is 3.22. The van der Waals surface area contributed by atoms with Crippen molar-refractivity contribution in [3.8, 4) is 17.9 Å². The molecule has 0 radical (unpaired) electrons. The molecule has 0 saturated heterocycles. The van der Waals surface area contributed by atoms with E-state index in [4.69, 9.17) is 16.3 Å². The van der Waals surface area contributed by atoms with Gasteiger partial charge in [-0.25, -0.2) is 0 Å². The predicted octanol–water partition coefficient (Wildman–Crippen LogP) is 5.38. The normalized spacial score (nSPS) is 10.1. The lowest BCUT2D eigenvalue weighted by Gasteiger charge is -2.12. The Balaban J connectivity index is 1.61. The number of rotatable bonds is 8. The highest BCUT2D eigenvalue weighted by molar-refractivity contribution is 6.32. The summed E-state index contributed by atoms with van der Waals surface area (Å²) >= 11 is 6.23. The van der Waals surface area contributed by atoms with Crippen LogP contribution in [0.2, 0.25) is 5.02 Å². The van der Waals surface area contributed by atoms with Gasteiger partial charge in [0.25, 0.3) is 0 Å². The number of hydrogen-bond acceptors (Lipinski definition) is 9. The third kappa shape index (κ3) is 6.14. The Hall–Kier alpha value is -4.86. The number of nitrogens with one attached hydrogen (secondary N) is 3. The van der Waals surface area contributed by atoms with Crippen molar-refractivity contribution in [1.82, 2.24) is 15.0 Å². The van der Waals surface area contributed by atoms with E-state index in [2.05, 4.69) is 43.0 Å². The Labute approximate surface area is 207 Å². The van der Waals surface area contributed by atoms with Crippen LogP contribution in [-0.2, 0) is 6.54 Å². The third-order valence-corrected chi connectivity index (χ3v) is 5.09. The molecule has 1 heterocycles. The van der Waals surface area contributed by atoms with Crippen molar-refractivity contribution in [2.24, 2.45) is 0 Å². The van der Waals surface area contributed by atoms with E-state index in [9.17, 15) is 10.5 Å². The highest BCUT2D eigenvalue weighted by Crippen LogP contribution is 2.25. The highest BCUT2D eigenvalue weighted by Gasteiger charge is 2.10. The topological polar surface area (TPSA) is 132 Å². The van der Waals surface area contributed by atoms with Crippen molar-refractivity contribution in [1.29, 1.82) is 10.5 Å². The molecule has 1 aromatic heterocycles. The van der Waals surface area contributed by atoms with Gasteiger partial charge < -0.3 is 20.7 Å². The van der Waals surface area contributed by atoms with Crippen LogP contribution >= 0.6 is 11.6 Å². The van der Waals surface area contributed by atoms with Crippen LogP contribution in [0.4, 0.5) is 29.2 Å². The number of methoxy groups -OCH3 is 1. The minimum atomic E-state index is 0.268. The summed E-state index contributed by atoms with van der Waals surface area (Å²) in [6.45, 7) is 0.403. The number of hydrogen-bond donors (Lipinski definition) is 3. The number of benzene rings is 3. The van der Waals surface area contributed by atoms with Crippen molar-refractivity contribution in [3.05, 3.63) is 88.4 Å². The minimum absolute atomic E-state index is 0.268. The Morgan fingerprint density at radius 3 is 1.89 bits per heavy atom. The number of nitriles is 2. The van der Waals surface area contributed by atoms with E-state index in [1.165, 1.54) is 0 Å². The first kappa shape index (κ1) is 23.3. The van der Waals surface area contributed by atoms with Crippen molar-refractivity contribution < 1.29 is 4.74 Å². The lowest BCUT2D eigenvalue weighted by Crippen LogP contribution is -2.10. The number of ether oxygens (including phenoxy) is 1. The summed E-state index contributed by atoms with van der Waals surface area (Å²) in [6, 6.07) is 23.6. The Kier molecular flexibility index (Phi) is 7.22. The molecule has 9 nitrogen and oxygen atoms in total. The summed E-state index contributed by atoms with van der Waals surface area (Å²) in [5.74, 6) is 1.44. The lowest BCUT2D eigenvalue weighted by atomic mass is 10.2. The maximum atomic E-state index is 9.17. The SMILES string of the molecule is COc1ccc(CNc2nc(Nc3cccc(C#N)c3)nc(Nc3cccc(C#N)c3)n2)cc1Cl. The molecule has 0 atom stereocenters. The molecule has 0 aliphatic heterocycles. The quantitative estimate of drug-likeness (QED) is 0.303. The van der Waals surface area contributed by atoms with Gasteiger partial charge in [-0.15, -0.1) is 0 Å². The van der Waals surface area contributed by atoms with Gasteiger partial charge in [-0.05, 0) is 54.1 Å². The summed E-state index contributed by atoms with van der Waals surface area (Å²) in [7, 11) is 1.56. The molecule has 4 rings (SSSR count). The molecular formula is C25H19ClN8O. The maximum Gasteiger partial charge on any atom is 0.233 e. The molecule has 35 heavy (non-hydrogen) atoms. The second-order valence-electron chi connectivity index (χ2n) is 7.26. The van der Waals surface area contributed by atoms with E-state index in [0.29, 0.717) is 45.8 Å². The fraction of sp³-hybridized carbons (Fsp3) is 0.0800. The van der Waals surface area contributed by atoms with Gasteiger partial charge >= 0.3 is 0 Å². The molecule has 0 amide bonds. The molecule has 172 valence electrons. The fourth-order valence-corrected chi connectivity index (χ4v) is 3.44. The van der Waals surface area contributed by atoms with Gasteiger partial charge in [0.05, 0.1) is 35.4 Å². The molecule has 10 heteroatoms. The van der Waals surface area contributed by atoms with E-state index in [-0.39, 0.29) is 11.9 Å². The van der Waals surface area contributed by atoms with Crippen molar-refractivity contribution in [2.75, 3.05) is 23.1 Å². The van der Waals surface area contributed by atoms with Gasteiger partial charge in [0.1, 0.15) is 5.75 Å². The zero-order chi connectivity index (χ0) is 24.6. The summed E-state index contributed by atoms with van der Waals surface area (Å²) < 4.78 is 5.20. The average Bonchev–Trinajstić information content (AvgIpc) is 2.87. The molecule has 0 spiro atoms. The average molecular weight is 483 g/mol. The predicted molar refractivity (Wildman–Crippen MR) is 134 cm³/mol. The first-order chi connectivity index (χ1) is 17.1. The zero-order valence-electron chi connectivity index (χ0n) is 18.6. The molecule has 3 N–H and O–H groups in total. The number of anilines is 5. The highest BCUT2D eigenvalue weighted by atomic mass is 35.5. The Morgan fingerprint density at radius 2 is 1.37 bits per heavy atom. The molecule has 0 bridgehead atoms. The largest absolute Gasteiger partial charge is 0.495 e. The summed E-state index contributed by atoms with van der Waals surface area (Å²) in [5, 5.41) is 28.2.